The SMILES string of the molecule is CCO[C@H](Cc1ccc(N(Cc2ccccc2)Cc2ccccc2)cc1)C(C)=O. The number of rotatable bonds is 10. The number of carbonyl (C=O) groups is 1. The van der Waals surface area contributed by atoms with Gasteiger partial charge in [-0.3, -0.25) is 4.79 Å². The van der Waals surface area contributed by atoms with E-state index in [1.807, 2.05) is 19.1 Å². The minimum atomic E-state index is -0.365. The zero-order chi connectivity index (χ0) is 20.5. The molecule has 0 aromatic heterocycles. The molecule has 0 amide bonds. The quantitative estimate of drug-likeness (QED) is 0.464. The number of nitrogens with zero attached hydrogens (tertiary/aromatic N) is 1. The number of ketones is 1. The summed E-state index contributed by atoms with van der Waals surface area (Å²) in [5.41, 5.74) is 4.83. The van der Waals surface area contributed by atoms with E-state index in [2.05, 4.69) is 77.7 Å². The van der Waals surface area contributed by atoms with Crippen molar-refractivity contribution in [2.24, 2.45) is 0 Å². The Morgan fingerprint density at radius 3 is 1.76 bits per heavy atom. The first kappa shape index (κ1) is 20.8. The summed E-state index contributed by atoms with van der Waals surface area (Å²) in [5, 5.41) is 0. The molecule has 3 nitrogen and oxygen atoms in total. The van der Waals surface area contributed by atoms with Crippen molar-refractivity contribution in [3.8, 4) is 0 Å². The van der Waals surface area contributed by atoms with Crippen LogP contribution in [0.15, 0.2) is 84.9 Å². The minimum Gasteiger partial charge on any atom is -0.370 e. The first-order valence-electron chi connectivity index (χ1n) is 10.2. The summed E-state index contributed by atoms with van der Waals surface area (Å²) in [6.45, 7) is 5.73. The number of hydrogen-bond acceptors (Lipinski definition) is 3. The van der Waals surface area contributed by atoms with Gasteiger partial charge in [0, 0.05) is 31.8 Å². The van der Waals surface area contributed by atoms with E-state index in [-0.39, 0.29) is 11.9 Å². The highest BCUT2D eigenvalue weighted by atomic mass is 16.5. The molecule has 0 fully saturated rings. The van der Waals surface area contributed by atoms with Gasteiger partial charge in [-0.05, 0) is 42.7 Å². The third-order valence-electron chi connectivity index (χ3n) is 4.98. The molecule has 0 aliphatic rings. The van der Waals surface area contributed by atoms with Crippen LogP contribution in [-0.4, -0.2) is 18.5 Å². The molecule has 0 spiro atoms. The molecule has 0 heterocycles. The van der Waals surface area contributed by atoms with Crippen LogP contribution in [0.25, 0.3) is 0 Å². The highest BCUT2D eigenvalue weighted by Gasteiger charge is 2.15. The minimum absolute atomic E-state index is 0.0747. The molecule has 0 bridgehead atoms. The molecule has 0 radical (unpaired) electrons. The summed E-state index contributed by atoms with van der Waals surface area (Å²) in [6.07, 6.45) is 0.247. The highest BCUT2D eigenvalue weighted by Crippen LogP contribution is 2.22. The molecule has 0 aliphatic carbocycles. The number of carbonyl (C=O) groups excluding carboxylic acids is 1. The summed E-state index contributed by atoms with van der Waals surface area (Å²) in [7, 11) is 0. The molecular weight excluding hydrogens is 358 g/mol. The van der Waals surface area contributed by atoms with Crippen LogP contribution in [0.1, 0.15) is 30.5 Å². The van der Waals surface area contributed by atoms with Gasteiger partial charge in [-0.1, -0.05) is 72.8 Å². The van der Waals surface area contributed by atoms with Crippen LogP contribution in [0.5, 0.6) is 0 Å². The van der Waals surface area contributed by atoms with E-state index in [0.29, 0.717) is 13.0 Å². The average molecular weight is 388 g/mol. The van der Waals surface area contributed by atoms with Gasteiger partial charge in [0.2, 0.25) is 0 Å². The first-order chi connectivity index (χ1) is 14.2. The van der Waals surface area contributed by atoms with Crippen molar-refractivity contribution in [3.05, 3.63) is 102 Å². The maximum absolute atomic E-state index is 11.8. The Bertz CT molecular complexity index is 834. The molecule has 150 valence electrons. The Labute approximate surface area is 174 Å². The van der Waals surface area contributed by atoms with Crippen molar-refractivity contribution in [1.82, 2.24) is 0 Å². The number of anilines is 1. The third-order valence-corrected chi connectivity index (χ3v) is 4.98. The Hall–Kier alpha value is -2.91. The van der Waals surface area contributed by atoms with Crippen LogP contribution in [-0.2, 0) is 29.0 Å². The summed E-state index contributed by atoms with van der Waals surface area (Å²) < 4.78 is 5.58. The molecule has 3 rings (SSSR count). The lowest BCUT2D eigenvalue weighted by Crippen LogP contribution is -2.24. The van der Waals surface area contributed by atoms with Crippen LogP contribution < -0.4 is 4.90 Å². The van der Waals surface area contributed by atoms with Crippen molar-refractivity contribution in [1.29, 1.82) is 0 Å². The molecule has 1 atom stereocenters. The van der Waals surface area contributed by atoms with Crippen molar-refractivity contribution in [2.45, 2.75) is 39.5 Å². The molecule has 0 saturated carbocycles. The molecule has 0 N–H and O–H groups in total. The summed E-state index contributed by atoms with van der Waals surface area (Å²) in [4.78, 5) is 14.2. The van der Waals surface area contributed by atoms with Gasteiger partial charge in [0.05, 0.1) is 0 Å². The fourth-order valence-corrected chi connectivity index (χ4v) is 3.42. The zero-order valence-electron chi connectivity index (χ0n) is 17.3. The predicted molar refractivity (Wildman–Crippen MR) is 119 cm³/mol. The van der Waals surface area contributed by atoms with Crippen molar-refractivity contribution < 1.29 is 9.53 Å². The van der Waals surface area contributed by atoms with E-state index in [0.717, 1.165) is 24.3 Å². The van der Waals surface area contributed by atoms with E-state index < -0.39 is 0 Å². The van der Waals surface area contributed by atoms with E-state index >= 15 is 0 Å². The highest BCUT2D eigenvalue weighted by molar-refractivity contribution is 5.80. The van der Waals surface area contributed by atoms with Crippen LogP contribution >= 0.6 is 0 Å². The van der Waals surface area contributed by atoms with Gasteiger partial charge >= 0.3 is 0 Å². The maximum Gasteiger partial charge on any atom is 0.158 e. The smallest absolute Gasteiger partial charge is 0.158 e. The second kappa shape index (κ2) is 10.6. The van der Waals surface area contributed by atoms with Crippen molar-refractivity contribution in [2.75, 3.05) is 11.5 Å². The number of ether oxygens (including phenoxy) is 1. The summed E-state index contributed by atoms with van der Waals surface area (Å²) in [5.74, 6) is 0.0747. The van der Waals surface area contributed by atoms with E-state index in [1.54, 1.807) is 6.92 Å². The van der Waals surface area contributed by atoms with Gasteiger partial charge < -0.3 is 9.64 Å². The van der Waals surface area contributed by atoms with Crippen LogP contribution in [0.2, 0.25) is 0 Å². The van der Waals surface area contributed by atoms with Gasteiger partial charge in [-0.2, -0.15) is 0 Å². The van der Waals surface area contributed by atoms with Gasteiger partial charge in [0.1, 0.15) is 6.10 Å². The van der Waals surface area contributed by atoms with Gasteiger partial charge in [0.25, 0.3) is 0 Å². The van der Waals surface area contributed by atoms with E-state index in [1.165, 1.54) is 11.1 Å². The Kier molecular flexibility index (Phi) is 7.60. The number of benzene rings is 3. The lowest BCUT2D eigenvalue weighted by Gasteiger charge is -2.26. The fraction of sp³-hybridized carbons (Fsp3) is 0.269. The molecule has 3 heteroatoms. The lowest BCUT2D eigenvalue weighted by molar-refractivity contribution is -0.127. The Morgan fingerprint density at radius 2 is 1.31 bits per heavy atom. The third kappa shape index (κ3) is 6.30. The molecular formula is C26H29NO2. The Balaban J connectivity index is 1.78. The van der Waals surface area contributed by atoms with Gasteiger partial charge in [-0.25, -0.2) is 0 Å². The lowest BCUT2D eigenvalue weighted by atomic mass is 10.0. The molecule has 3 aromatic carbocycles. The van der Waals surface area contributed by atoms with Crippen LogP contribution in [0.3, 0.4) is 0 Å². The topological polar surface area (TPSA) is 29.5 Å². The van der Waals surface area contributed by atoms with Crippen molar-refractivity contribution >= 4 is 11.5 Å². The van der Waals surface area contributed by atoms with Gasteiger partial charge in [-0.15, -0.1) is 0 Å². The standard InChI is InChI=1S/C26H29NO2/c1-3-29-26(21(2)28)18-22-14-16-25(17-15-22)27(19-23-10-6-4-7-11-23)20-24-12-8-5-9-13-24/h4-17,26H,3,18-20H2,1-2H3/t26-/m1/s1. The molecule has 29 heavy (non-hydrogen) atoms. The fourth-order valence-electron chi connectivity index (χ4n) is 3.42. The summed E-state index contributed by atoms with van der Waals surface area (Å²) >= 11 is 0. The van der Waals surface area contributed by atoms with E-state index in [9.17, 15) is 4.79 Å². The van der Waals surface area contributed by atoms with Crippen molar-refractivity contribution in [3.63, 3.8) is 0 Å². The Morgan fingerprint density at radius 1 is 0.793 bits per heavy atom. The number of Topliss-reactive ketones (excluding diaryl/α,β-unsaturated/α-hetero) is 1. The van der Waals surface area contributed by atoms with Gasteiger partial charge in [0.15, 0.2) is 5.78 Å². The second-order valence-electron chi connectivity index (χ2n) is 7.25. The second-order valence-corrected chi connectivity index (χ2v) is 7.25. The number of hydrogen-bond donors (Lipinski definition) is 0. The maximum atomic E-state index is 11.8. The molecule has 3 aromatic rings. The predicted octanol–water partition coefficient (Wildman–Crippen LogP) is 5.43. The molecule has 0 aliphatic heterocycles. The normalized spacial score (nSPS) is 11.8. The largest absolute Gasteiger partial charge is 0.370 e. The van der Waals surface area contributed by atoms with Crippen LogP contribution in [0, 0.1) is 0 Å². The summed E-state index contributed by atoms with van der Waals surface area (Å²) in [6, 6.07) is 29.5. The zero-order valence-corrected chi connectivity index (χ0v) is 17.3. The molecule has 0 saturated heterocycles. The van der Waals surface area contributed by atoms with E-state index in [4.69, 9.17) is 4.74 Å². The first-order valence-corrected chi connectivity index (χ1v) is 10.2. The molecule has 0 unspecified atom stereocenters. The average Bonchev–Trinajstić information content (AvgIpc) is 2.75. The van der Waals surface area contributed by atoms with Crippen LogP contribution in [0.4, 0.5) is 5.69 Å². The monoisotopic (exact) mass is 387 g/mol.